The van der Waals surface area contributed by atoms with E-state index in [1.165, 1.54) is 4.90 Å². The molecule has 3 amide bonds. The van der Waals surface area contributed by atoms with Gasteiger partial charge < -0.3 is 9.64 Å². The maximum atomic E-state index is 13.6. The number of rotatable bonds is 6. The minimum absolute atomic E-state index is 0.103. The molecule has 0 aliphatic carbocycles. The number of hydrogen-bond donors (Lipinski definition) is 0. The second kappa shape index (κ2) is 8.65. The van der Waals surface area contributed by atoms with Crippen LogP contribution in [0.4, 0.5) is 9.18 Å². The lowest BCUT2D eigenvalue weighted by Gasteiger charge is -2.38. The van der Waals surface area contributed by atoms with E-state index >= 15 is 0 Å². The number of benzene rings is 2. The molecule has 156 valence electrons. The van der Waals surface area contributed by atoms with Gasteiger partial charge in [0.2, 0.25) is 5.91 Å². The number of imide groups is 1. The van der Waals surface area contributed by atoms with Crippen LogP contribution in [0.1, 0.15) is 29.2 Å². The molecule has 0 spiro atoms. The normalized spacial score (nSPS) is 20.8. The summed E-state index contributed by atoms with van der Waals surface area (Å²) < 4.78 is 18.1. The number of carbonyl (C=O) groups is 3. The number of ether oxygens (including phenoxy) is 1. The van der Waals surface area contributed by atoms with Crippen LogP contribution in [0.5, 0.6) is 0 Å². The van der Waals surface area contributed by atoms with E-state index in [9.17, 15) is 18.8 Å². The Hall–Kier alpha value is -3.22. The number of cyclic esters (lactones) is 1. The maximum absolute atomic E-state index is 13.6. The monoisotopic (exact) mass is 410 g/mol. The highest BCUT2D eigenvalue weighted by Gasteiger charge is 2.46. The predicted molar refractivity (Wildman–Crippen MR) is 107 cm³/mol. The van der Waals surface area contributed by atoms with Crippen LogP contribution in [0.2, 0.25) is 0 Å². The molecule has 1 saturated heterocycles. The van der Waals surface area contributed by atoms with Crippen molar-refractivity contribution in [2.45, 2.75) is 31.3 Å². The van der Waals surface area contributed by atoms with Crippen LogP contribution in [0.15, 0.2) is 54.6 Å². The van der Waals surface area contributed by atoms with Gasteiger partial charge in [-0.15, -0.1) is 0 Å². The molecule has 0 aromatic heterocycles. The average molecular weight is 410 g/mol. The van der Waals surface area contributed by atoms with Gasteiger partial charge in [-0.2, -0.15) is 0 Å². The lowest BCUT2D eigenvalue weighted by atomic mass is 9.90. The fourth-order valence-corrected chi connectivity index (χ4v) is 4.19. The second-order valence-corrected chi connectivity index (χ2v) is 7.54. The Morgan fingerprint density at radius 2 is 1.80 bits per heavy atom. The fraction of sp³-hybridized carbons (Fsp3) is 0.348. The molecule has 6 nitrogen and oxygen atoms in total. The Balaban J connectivity index is 1.67. The highest BCUT2D eigenvalue weighted by molar-refractivity contribution is 6.00. The molecule has 2 atom stereocenters. The van der Waals surface area contributed by atoms with Crippen LogP contribution >= 0.6 is 0 Å². The third kappa shape index (κ3) is 3.79. The largest absolute Gasteiger partial charge is 0.447 e. The topological polar surface area (TPSA) is 66.9 Å². The molecule has 4 rings (SSSR count). The number of hydrogen-bond acceptors (Lipinski definition) is 4. The Labute approximate surface area is 174 Å². The molecule has 0 radical (unpaired) electrons. The quantitative estimate of drug-likeness (QED) is 0.734. The van der Waals surface area contributed by atoms with Crippen LogP contribution in [0, 0.1) is 0 Å². The van der Waals surface area contributed by atoms with Gasteiger partial charge in [-0.25, -0.2) is 9.69 Å². The molecule has 7 heteroatoms. The first-order valence-electron chi connectivity index (χ1n) is 10.1. The molecule has 0 N–H and O–H groups in total. The van der Waals surface area contributed by atoms with Gasteiger partial charge in [0.05, 0.1) is 19.1 Å². The van der Waals surface area contributed by atoms with Crippen LogP contribution < -0.4 is 0 Å². The van der Waals surface area contributed by atoms with E-state index in [0.29, 0.717) is 12.0 Å². The molecule has 2 aromatic carbocycles. The number of nitrogens with zero attached hydrogens (tertiary/aromatic N) is 2. The van der Waals surface area contributed by atoms with E-state index < -0.39 is 30.8 Å². The van der Waals surface area contributed by atoms with Crippen molar-refractivity contribution in [2.75, 3.05) is 19.8 Å². The van der Waals surface area contributed by atoms with E-state index in [-0.39, 0.29) is 31.9 Å². The number of amides is 3. The standard InChI is InChI=1S/C23H23FN2O4/c24-11-6-12-25-20(27)14-17-9-4-5-10-19(17)21(25)22(28)26-18(15-30-23(26)29)13-16-7-2-1-3-8-16/h1-5,7-10,18,21H,6,11-15H2/t18?,21-/m0/s1. The Morgan fingerprint density at radius 1 is 1.07 bits per heavy atom. The lowest BCUT2D eigenvalue weighted by Crippen LogP contribution is -2.51. The minimum Gasteiger partial charge on any atom is -0.447 e. The summed E-state index contributed by atoms with van der Waals surface area (Å²) in [6.45, 7) is -0.368. The summed E-state index contributed by atoms with van der Waals surface area (Å²) in [5.41, 5.74) is 2.41. The Morgan fingerprint density at radius 3 is 2.57 bits per heavy atom. The highest BCUT2D eigenvalue weighted by Crippen LogP contribution is 2.34. The first-order valence-corrected chi connectivity index (χ1v) is 10.1. The summed E-state index contributed by atoms with van der Waals surface area (Å²) >= 11 is 0. The smallest absolute Gasteiger partial charge is 0.417 e. The predicted octanol–water partition coefficient (Wildman–Crippen LogP) is 3.06. The van der Waals surface area contributed by atoms with Crippen molar-refractivity contribution in [1.29, 1.82) is 0 Å². The number of carbonyl (C=O) groups excluding carboxylic acids is 3. The minimum atomic E-state index is -0.960. The first-order chi connectivity index (χ1) is 14.6. The van der Waals surface area contributed by atoms with Gasteiger partial charge >= 0.3 is 6.09 Å². The van der Waals surface area contributed by atoms with E-state index in [1.54, 1.807) is 12.1 Å². The molecule has 2 heterocycles. The molecule has 0 bridgehead atoms. The van der Waals surface area contributed by atoms with Crippen molar-refractivity contribution in [3.63, 3.8) is 0 Å². The Kier molecular flexibility index (Phi) is 5.79. The molecular formula is C23H23FN2O4. The molecule has 30 heavy (non-hydrogen) atoms. The summed E-state index contributed by atoms with van der Waals surface area (Å²) in [5, 5.41) is 0. The van der Waals surface area contributed by atoms with E-state index in [0.717, 1.165) is 16.0 Å². The molecule has 2 aliphatic heterocycles. The summed E-state index contributed by atoms with van der Waals surface area (Å²) in [6.07, 6.45) is 0.0482. The van der Waals surface area contributed by atoms with E-state index in [4.69, 9.17) is 4.74 Å². The molecule has 0 saturated carbocycles. The summed E-state index contributed by atoms with van der Waals surface area (Å²) in [4.78, 5) is 41.4. The van der Waals surface area contributed by atoms with Gasteiger partial charge in [0, 0.05) is 6.54 Å². The maximum Gasteiger partial charge on any atom is 0.417 e. The summed E-state index contributed by atoms with van der Waals surface area (Å²) in [6, 6.07) is 15.3. The van der Waals surface area contributed by atoms with Crippen molar-refractivity contribution in [3.05, 3.63) is 71.3 Å². The van der Waals surface area contributed by atoms with Crippen LogP contribution in [-0.4, -0.2) is 53.6 Å². The summed E-state index contributed by atoms with van der Waals surface area (Å²) in [5.74, 6) is -0.745. The van der Waals surface area contributed by atoms with Gasteiger partial charge in [-0.05, 0) is 29.5 Å². The van der Waals surface area contributed by atoms with Crippen molar-refractivity contribution >= 4 is 17.9 Å². The van der Waals surface area contributed by atoms with Crippen molar-refractivity contribution < 1.29 is 23.5 Å². The summed E-state index contributed by atoms with van der Waals surface area (Å²) in [7, 11) is 0. The molecular weight excluding hydrogens is 387 g/mol. The molecule has 1 fully saturated rings. The fourth-order valence-electron chi connectivity index (χ4n) is 4.19. The first kappa shape index (κ1) is 20.1. The van der Waals surface area contributed by atoms with Crippen LogP contribution in [-0.2, 0) is 27.2 Å². The zero-order valence-corrected chi connectivity index (χ0v) is 16.5. The van der Waals surface area contributed by atoms with Crippen molar-refractivity contribution in [3.8, 4) is 0 Å². The number of alkyl halides is 1. The van der Waals surface area contributed by atoms with Gasteiger partial charge in [0.1, 0.15) is 12.6 Å². The third-order valence-corrected chi connectivity index (χ3v) is 5.60. The Bertz CT molecular complexity index is 949. The van der Waals surface area contributed by atoms with E-state index in [2.05, 4.69) is 0 Å². The average Bonchev–Trinajstić information content (AvgIpc) is 3.12. The van der Waals surface area contributed by atoms with Crippen molar-refractivity contribution in [1.82, 2.24) is 9.80 Å². The molecule has 1 unspecified atom stereocenters. The number of halogens is 1. The zero-order chi connectivity index (χ0) is 21.1. The second-order valence-electron chi connectivity index (χ2n) is 7.54. The van der Waals surface area contributed by atoms with Crippen LogP contribution in [0.25, 0.3) is 0 Å². The lowest BCUT2D eigenvalue weighted by molar-refractivity contribution is -0.146. The third-order valence-electron chi connectivity index (χ3n) is 5.60. The number of fused-ring (bicyclic) bond motifs is 1. The van der Waals surface area contributed by atoms with Gasteiger partial charge in [0.25, 0.3) is 5.91 Å². The van der Waals surface area contributed by atoms with Gasteiger partial charge in [-0.3, -0.25) is 14.0 Å². The molecule has 2 aliphatic rings. The van der Waals surface area contributed by atoms with E-state index in [1.807, 2.05) is 42.5 Å². The van der Waals surface area contributed by atoms with Gasteiger partial charge in [0.15, 0.2) is 0 Å². The zero-order valence-electron chi connectivity index (χ0n) is 16.5. The van der Waals surface area contributed by atoms with Crippen molar-refractivity contribution in [2.24, 2.45) is 0 Å². The SMILES string of the molecule is O=C1OCC(Cc2ccccc2)N1C(=O)[C@@H]1c2ccccc2CC(=O)N1CCCF. The highest BCUT2D eigenvalue weighted by atomic mass is 19.1. The molecule has 2 aromatic rings. The van der Waals surface area contributed by atoms with Gasteiger partial charge in [-0.1, -0.05) is 54.6 Å². The van der Waals surface area contributed by atoms with Crippen LogP contribution in [0.3, 0.4) is 0 Å².